The highest BCUT2D eigenvalue weighted by atomic mass is 32.1. The first-order valence-electron chi connectivity index (χ1n) is 11.1. The van der Waals surface area contributed by atoms with Crippen molar-refractivity contribution in [3.8, 4) is 0 Å². The van der Waals surface area contributed by atoms with Crippen molar-refractivity contribution in [2.45, 2.75) is 51.9 Å². The van der Waals surface area contributed by atoms with E-state index in [1.807, 2.05) is 35.6 Å². The highest BCUT2D eigenvalue weighted by Gasteiger charge is 2.30. The SMILES string of the molecule is CCOC(=O)C1CCCCN1Cn1nc2n(CCCOC)c(=O)c3ccccc3n2c1=S. The number of esters is 1. The third kappa shape index (κ3) is 4.22. The monoisotopic (exact) mass is 459 g/mol. The number of hydrogen-bond donors (Lipinski definition) is 0. The summed E-state index contributed by atoms with van der Waals surface area (Å²) in [6, 6.07) is 7.12. The lowest BCUT2D eigenvalue weighted by atomic mass is 10.0. The maximum atomic E-state index is 13.2. The summed E-state index contributed by atoms with van der Waals surface area (Å²) >= 11 is 5.80. The van der Waals surface area contributed by atoms with Crippen LogP contribution in [0.1, 0.15) is 32.6 Å². The van der Waals surface area contributed by atoms with Crippen molar-refractivity contribution in [2.75, 3.05) is 26.9 Å². The normalized spacial score (nSPS) is 17.2. The van der Waals surface area contributed by atoms with Gasteiger partial charge in [-0.05, 0) is 50.5 Å². The first-order valence-corrected chi connectivity index (χ1v) is 11.5. The number of ether oxygens (including phenoxy) is 2. The molecule has 1 unspecified atom stereocenters. The Bertz CT molecular complexity index is 1230. The summed E-state index contributed by atoms with van der Waals surface area (Å²) in [5, 5.41) is 5.33. The van der Waals surface area contributed by atoms with Crippen LogP contribution < -0.4 is 5.56 Å². The molecule has 10 heteroatoms. The quantitative estimate of drug-likeness (QED) is 0.291. The number of aryl methyl sites for hydroxylation is 1. The molecule has 32 heavy (non-hydrogen) atoms. The molecule has 0 aliphatic carbocycles. The number of likely N-dealkylation sites (tertiary alicyclic amines) is 1. The summed E-state index contributed by atoms with van der Waals surface area (Å²) in [6.45, 7) is 4.32. The van der Waals surface area contributed by atoms with Gasteiger partial charge in [0.05, 0.1) is 24.2 Å². The van der Waals surface area contributed by atoms with Crippen LogP contribution in [0, 0.1) is 4.77 Å². The average Bonchev–Trinajstić information content (AvgIpc) is 3.12. The standard InChI is InChI=1S/C22H29N5O4S/c1-3-31-20(29)18-11-6-7-12-24(18)15-26-22(32)27-17-10-5-4-9-16(17)19(28)25(21(27)23-26)13-8-14-30-2/h4-5,9-10,18H,3,6-8,11-15H2,1-2H3. The summed E-state index contributed by atoms with van der Waals surface area (Å²) in [5.41, 5.74) is 0.631. The molecule has 1 atom stereocenters. The maximum absolute atomic E-state index is 13.2. The van der Waals surface area contributed by atoms with Crippen molar-refractivity contribution in [1.29, 1.82) is 0 Å². The van der Waals surface area contributed by atoms with Gasteiger partial charge < -0.3 is 9.47 Å². The van der Waals surface area contributed by atoms with Gasteiger partial charge in [0.1, 0.15) is 6.04 Å². The van der Waals surface area contributed by atoms with E-state index in [4.69, 9.17) is 26.8 Å². The van der Waals surface area contributed by atoms with Gasteiger partial charge in [-0.3, -0.25) is 23.5 Å². The van der Waals surface area contributed by atoms with Gasteiger partial charge in [-0.25, -0.2) is 4.68 Å². The molecular weight excluding hydrogens is 430 g/mol. The van der Waals surface area contributed by atoms with E-state index in [0.717, 1.165) is 31.3 Å². The lowest BCUT2D eigenvalue weighted by Gasteiger charge is -2.33. The van der Waals surface area contributed by atoms with Crippen molar-refractivity contribution in [3.63, 3.8) is 0 Å². The Labute approximate surface area is 191 Å². The van der Waals surface area contributed by atoms with Gasteiger partial charge in [0, 0.05) is 26.8 Å². The zero-order valence-electron chi connectivity index (χ0n) is 18.5. The number of benzene rings is 1. The van der Waals surface area contributed by atoms with Gasteiger partial charge >= 0.3 is 5.97 Å². The zero-order valence-corrected chi connectivity index (χ0v) is 19.3. The van der Waals surface area contributed by atoms with E-state index < -0.39 is 0 Å². The van der Waals surface area contributed by atoms with Crippen molar-refractivity contribution in [1.82, 2.24) is 23.6 Å². The number of fused-ring (bicyclic) bond motifs is 3. The van der Waals surface area contributed by atoms with E-state index >= 15 is 0 Å². The van der Waals surface area contributed by atoms with Crippen LogP contribution in [-0.4, -0.2) is 62.5 Å². The Kier molecular flexibility index (Phi) is 7.02. The summed E-state index contributed by atoms with van der Waals surface area (Å²) in [5.74, 6) is 0.295. The molecular formula is C22H29N5O4S. The molecule has 1 aliphatic rings. The van der Waals surface area contributed by atoms with Gasteiger partial charge in [0.2, 0.25) is 10.5 Å². The molecule has 0 saturated carbocycles. The van der Waals surface area contributed by atoms with E-state index in [0.29, 0.717) is 48.8 Å². The third-order valence-electron chi connectivity index (χ3n) is 5.90. The Morgan fingerprint density at radius 3 is 2.88 bits per heavy atom. The third-order valence-corrected chi connectivity index (χ3v) is 6.30. The Morgan fingerprint density at radius 1 is 1.28 bits per heavy atom. The lowest BCUT2D eigenvalue weighted by Crippen LogP contribution is -2.46. The fourth-order valence-electron chi connectivity index (χ4n) is 4.37. The minimum absolute atomic E-state index is 0.0984. The number of carbonyl (C=O) groups excluding carboxylic acids is 1. The molecule has 1 aliphatic heterocycles. The van der Waals surface area contributed by atoms with E-state index in [1.54, 1.807) is 16.4 Å². The molecule has 3 heterocycles. The van der Waals surface area contributed by atoms with E-state index in [2.05, 4.69) is 4.90 Å². The summed E-state index contributed by atoms with van der Waals surface area (Å²) in [6.07, 6.45) is 3.42. The van der Waals surface area contributed by atoms with Crippen molar-refractivity contribution in [2.24, 2.45) is 0 Å². The molecule has 4 rings (SSSR count). The molecule has 0 radical (unpaired) electrons. The van der Waals surface area contributed by atoms with Crippen molar-refractivity contribution >= 4 is 34.9 Å². The van der Waals surface area contributed by atoms with Gasteiger partial charge in [-0.15, -0.1) is 5.10 Å². The Morgan fingerprint density at radius 2 is 2.09 bits per heavy atom. The van der Waals surface area contributed by atoms with E-state index in [9.17, 15) is 9.59 Å². The summed E-state index contributed by atoms with van der Waals surface area (Å²) in [7, 11) is 1.64. The predicted molar refractivity (Wildman–Crippen MR) is 123 cm³/mol. The molecule has 3 aromatic rings. The second-order valence-corrected chi connectivity index (χ2v) is 8.32. The molecule has 9 nitrogen and oxygen atoms in total. The largest absolute Gasteiger partial charge is 0.465 e. The second kappa shape index (κ2) is 9.93. The average molecular weight is 460 g/mol. The van der Waals surface area contributed by atoms with Crippen LogP contribution >= 0.6 is 12.2 Å². The van der Waals surface area contributed by atoms with Crippen LogP contribution in [0.3, 0.4) is 0 Å². The fraction of sp³-hybridized carbons (Fsp3) is 0.545. The van der Waals surface area contributed by atoms with Crippen LogP contribution in [0.15, 0.2) is 29.1 Å². The van der Waals surface area contributed by atoms with Crippen molar-refractivity contribution in [3.05, 3.63) is 39.4 Å². The number of carbonyl (C=O) groups is 1. The molecule has 0 bridgehead atoms. The predicted octanol–water partition coefficient (Wildman–Crippen LogP) is 2.59. The molecule has 1 aromatic carbocycles. The van der Waals surface area contributed by atoms with Crippen LogP contribution in [0.2, 0.25) is 0 Å². The molecule has 1 fully saturated rings. The van der Waals surface area contributed by atoms with Crippen molar-refractivity contribution < 1.29 is 14.3 Å². The molecule has 172 valence electrons. The number of piperidine rings is 1. The number of rotatable bonds is 8. The number of methoxy groups -OCH3 is 1. The topological polar surface area (TPSA) is 83.0 Å². The lowest BCUT2D eigenvalue weighted by molar-refractivity contribution is -0.151. The van der Waals surface area contributed by atoms with E-state index in [1.165, 1.54) is 0 Å². The van der Waals surface area contributed by atoms with Crippen LogP contribution in [0.5, 0.6) is 0 Å². The zero-order chi connectivity index (χ0) is 22.7. The first-order chi connectivity index (χ1) is 15.6. The first kappa shape index (κ1) is 22.6. The highest BCUT2D eigenvalue weighted by Crippen LogP contribution is 2.20. The Balaban J connectivity index is 1.79. The molecule has 0 amide bonds. The fourth-order valence-corrected chi connectivity index (χ4v) is 4.64. The van der Waals surface area contributed by atoms with Gasteiger partial charge in [-0.1, -0.05) is 18.6 Å². The molecule has 1 saturated heterocycles. The van der Waals surface area contributed by atoms with Gasteiger partial charge in [0.15, 0.2) is 0 Å². The molecule has 0 N–H and O–H groups in total. The summed E-state index contributed by atoms with van der Waals surface area (Å²) in [4.78, 5) is 27.8. The minimum Gasteiger partial charge on any atom is -0.465 e. The smallest absolute Gasteiger partial charge is 0.323 e. The number of aromatic nitrogens is 4. The Hall–Kier alpha value is -2.56. The van der Waals surface area contributed by atoms with E-state index in [-0.39, 0.29) is 17.6 Å². The maximum Gasteiger partial charge on any atom is 0.323 e. The summed E-state index contributed by atoms with van der Waals surface area (Å²) < 4.78 is 16.2. The second-order valence-electron chi connectivity index (χ2n) is 7.96. The number of para-hydroxylation sites is 1. The highest BCUT2D eigenvalue weighted by molar-refractivity contribution is 7.71. The van der Waals surface area contributed by atoms with Crippen LogP contribution in [-0.2, 0) is 27.5 Å². The van der Waals surface area contributed by atoms with Crippen LogP contribution in [0.25, 0.3) is 16.7 Å². The van der Waals surface area contributed by atoms with Crippen LogP contribution in [0.4, 0.5) is 0 Å². The van der Waals surface area contributed by atoms with Gasteiger partial charge in [-0.2, -0.15) is 0 Å². The number of hydrogen-bond acceptors (Lipinski definition) is 7. The minimum atomic E-state index is -0.309. The van der Waals surface area contributed by atoms with Gasteiger partial charge in [0.25, 0.3) is 5.56 Å². The molecule has 0 spiro atoms. The number of nitrogens with zero attached hydrogens (tertiary/aromatic N) is 5. The molecule has 2 aromatic heterocycles.